The monoisotopic (exact) mass is 507 g/mol. The van der Waals surface area contributed by atoms with Crippen LogP contribution in [-0.2, 0) is 16.0 Å². The lowest BCUT2D eigenvalue weighted by Crippen LogP contribution is -2.41. The van der Waals surface area contributed by atoms with Crippen molar-refractivity contribution in [3.05, 3.63) is 95.6 Å². The van der Waals surface area contributed by atoms with Crippen molar-refractivity contribution < 1.29 is 9.59 Å². The maximum atomic E-state index is 13.7. The molecule has 0 unspecified atom stereocenters. The third-order valence-electron chi connectivity index (χ3n) is 7.59. The van der Waals surface area contributed by atoms with Crippen LogP contribution in [0.15, 0.2) is 84.4 Å². The molecule has 2 aliphatic rings. The minimum Gasteiger partial charge on any atom is -0.366 e. The largest absolute Gasteiger partial charge is 0.366 e. The average Bonchev–Trinajstić information content (AvgIpc) is 3.32. The molecule has 0 bridgehead atoms. The van der Waals surface area contributed by atoms with Gasteiger partial charge in [0.1, 0.15) is 5.57 Å². The summed E-state index contributed by atoms with van der Waals surface area (Å²) in [7, 11) is 0. The van der Waals surface area contributed by atoms with Crippen LogP contribution in [0.4, 0.5) is 17.1 Å². The number of anilines is 3. The number of unbranched alkanes of at least 4 members (excludes halogenated alkanes) is 4. The molecule has 5 nitrogen and oxygen atoms in total. The molecule has 0 aromatic heterocycles. The minimum absolute atomic E-state index is 0.0477. The van der Waals surface area contributed by atoms with E-state index in [1.165, 1.54) is 53.4 Å². The number of hydrogen-bond acceptors (Lipinski definition) is 3. The third kappa shape index (κ3) is 4.98. The van der Waals surface area contributed by atoms with Crippen molar-refractivity contribution in [2.24, 2.45) is 0 Å². The topological polar surface area (TPSA) is 43.9 Å². The van der Waals surface area contributed by atoms with Crippen molar-refractivity contribution in [1.82, 2.24) is 0 Å². The van der Waals surface area contributed by atoms with Gasteiger partial charge in [-0.15, -0.1) is 0 Å². The van der Waals surface area contributed by atoms with Crippen LogP contribution in [0.1, 0.15) is 64.0 Å². The summed E-state index contributed by atoms with van der Waals surface area (Å²) in [5.41, 5.74) is 4.95. The van der Waals surface area contributed by atoms with Gasteiger partial charge in [-0.05, 0) is 80.3 Å². The molecule has 0 atom stereocenters. The normalized spacial score (nSPS) is 16.4. The lowest BCUT2D eigenvalue weighted by Gasteiger charge is -2.34. The molecule has 38 heavy (non-hydrogen) atoms. The number of carbonyl (C=O) groups is 2. The second kappa shape index (κ2) is 10.9. The number of para-hydroxylation sites is 2. The van der Waals surface area contributed by atoms with E-state index < -0.39 is 0 Å². The van der Waals surface area contributed by atoms with E-state index in [9.17, 15) is 9.59 Å². The Morgan fingerprint density at radius 1 is 0.763 bits per heavy atom. The van der Waals surface area contributed by atoms with Crippen LogP contribution in [0.2, 0.25) is 0 Å². The van der Waals surface area contributed by atoms with E-state index >= 15 is 0 Å². The SMILES string of the molecule is CCCCCCCN1c2ccc(C=C3C(=O)N(c4ccccc4)N(c4ccccc4)C3=O)cc2CC1(C)C. The summed E-state index contributed by atoms with van der Waals surface area (Å²) in [6.07, 6.45) is 9.02. The molecule has 0 saturated carbocycles. The van der Waals surface area contributed by atoms with Crippen molar-refractivity contribution in [3.63, 3.8) is 0 Å². The van der Waals surface area contributed by atoms with E-state index in [0.29, 0.717) is 11.4 Å². The van der Waals surface area contributed by atoms with Crippen LogP contribution < -0.4 is 14.9 Å². The first kappa shape index (κ1) is 25.8. The zero-order chi connectivity index (χ0) is 26.7. The predicted molar refractivity (Wildman–Crippen MR) is 156 cm³/mol. The Hall–Kier alpha value is -3.86. The van der Waals surface area contributed by atoms with Gasteiger partial charge in [0.15, 0.2) is 0 Å². The van der Waals surface area contributed by atoms with Gasteiger partial charge in [0.25, 0.3) is 11.8 Å². The smallest absolute Gasteiger partial charge is 0.283 e. The highest BCUT2D eigenvalue weighted by Gasteiger charge is 2.43. The molecule has 3 aromatic carbocycles. The molecule has 5 heteroatoms. The first-order valence-electron chi connectivity index (χ1n) is 13.8. The first-order valence-corrected chi connectivity index (χ1v) is 13.8. The summed E-state index contributed by atoms with van der Waals surface area (Å²) in [5, 5.41) is 2.94. The molecule has 196 valence electrons. The average molecular weight is 508 g/mol. The number of fused-ring (bicyclic) bond motifs is 1. The fourth-order valence-electron chi connectivity index (χ4n) is 5.68. The van der Waals surface area contributed by atoms with Gasteiger partial charge in [0.2, 0.25) is 0 Å². The molecule has 5 rings (SSSR count). The summed E-state index contributed by atoms with van der Waals surface area (Å²) < 4.78 is 0. The maximum absolute atomic E-state index is 13.7. The highest BCUT2D eigenvalue weighted by Crippen LogP contribution is 2.40. The van der Waals surface area contributed by atoms with Gasteiger partial charge >= 0.3 is 0 Å². The highest BCUT2D eigenvalue weighted by atomic mass is 16.2. The molecule has 0 N–H and O–H groups in total. The van der Waals surface area contributed by atoms with Gasteiger partial charge in [0.05, 0.1) is 11.4 Å². The highest BCUT2D eigenvalue weighted by molar-refractivity contribution is 6.38. The molecule has 1 fully saturated rings. The fourth-order valence-corrected chi connectivity index (χ4v) is 5.68. The fraction of sp³-hybridized carbons (Fsp3) is 0.333. The summed E-state index contributed by atoms with van der Waals surface area (Å²) in [6, 6.07) is 25.0. The number of nitrogens with zero attached hydrogens (tertiary/aromatic N) is 3. The van der Waals surface area contributed by atoms with Gasteiger partial charge in [-0.3, -0.25) is 9.59 Å². The number of carbonyl (C=O) groups excluding carboxylic acids is 2. The van der Waals surface area contributed by atoms with Crippen LogP contribution in [0.25, 0.3) is 6.08 Å². The number of hydrogen-bond donors (Lipinski definition) is 0. The molecule has 2 amide bonds. The molecule has 2 heterocycles. The van der Waals surface area contributed by atoms with Gasteiger partial charge < -0.3 is 4.90 Å². The van der Waals surface area contributed by atoms with Crippen LogP contribution in [0, 0.1) is 0 Å². The first-order chi connectivity index (χ1) is 18.4. The van der Waals surface area contributed by atoms with E-state index in [4.69, 9.17) is 0 Å². The van der Waals surface area contributed by atoms with E-state index in [1.807, 2.05) is 66.7 Å². The van der Waals surface area contributed by atoms with Crippen molar-refractivity contribution in [2.45, 2.75) is 64.8 Å². The van der Waals surface area contributed by atoms with Gasteiger partial charge in [-0.2, -0.15) is 0 Å². The third-order valence-corrected chi connectivity index (χ3v) is 7.59. The second-order valence-corrected chi connectivity index (χ2v) is 10.9. The summed E-state index contributed by atoms with van der Waals surface area (Å²) in [4.78, 5) is 29.9. The molecule has 0 radical (unpaired) electrons. The zero-order valence-electron chi connectivity index (χ0n) is 22.7. The van der Waals surface area contributed by atoms with E-state index in [1.54, 1.807) is 6.08 Å². The molecule has 1 saturated heterocycles. The molecular formula is C33H37N3O2. The van der Waals surface area contributed by atoms with Gasteiger partial charge in [-0.1, -0.05) is 75.1 Å². The summed E-state index contributed by atoms with van der Waals surface area (Å²) >= 11 is 0. The summed E-state index contributed by atoms with van der Waals surface area (Å²) in [5.74, 6) is -0.640. The lowest BCUT2D eigenvalue weighted by atomic mass is 9.98. The van der Waals surface area contributed by atoms with Crippen molar-refractivity contribution in [2.75, 3.05) is 21.5 Å². The minimum atomic E-state index is -0.320. The van der Waals surface area contributed by atoms with Crippen LogP contribution >= 0.6 is 0 Å². The standard InChI is InChI=1S/C33H37N3O2/c1-4-5-6-7-14-21-34-30-20-19-25(22-26(30)24-33(34,2)3)23-29-31(37)35(27-15-10-8-11-16-27)36(32(29)38)28-17-12-9-13-18-28/h8-13,15-20,22-23H,4-7,14,21,24H2,1-3H3. The maximum Gasteiger partial charge on any atom is 0.283 e. The Morgan fingerprint density at radius 2 is 1.34 bits per heavy atom. The quantitative estimate of drug-likeness (QED) is 0.175. The van der Waals surface area contributed by atoms with Crippen molar-refractivity contribution >= 4 is 35.0 Å². The molecule has 3 aromatic rings. The number of amides is 2. The molecular weight excluding hydrogens is 470 g/mol. The molecule has 0 aliphatic carbocycles. The van der Waals surface area contributed by atoms with Gasteiger partial charge in [-0.25, -0.2) is 10.0 Å². The van der Waals surface area contributed by atoms with Crippen LogP contribution in [-0.4, -0.2) is 23.9 Å². The summed E-state index contributed by atoms with van der Waals surface area (Å²) in [6.45, 7) is 7.91. The van der Waals surface area contributed by atoms with E-state index in [0.717, 1.165) is 18.5 Å². The Balaban J connectivity index is 1.44. The Labute approximate surface area is 226 Å². The number of hydrazine groups is 1. The predicted octanol–water partition coefficient (Wildman–Crippen LogP) is 7.18. The van der Waals surface area contributed by atoms with E-state index in [2.05, 4.69) is 37.8 Å². The second-order valence-electron chi connectivity index (χ2n) is 10.9. The number of benzene rings is 3. The van der Waals surface area contributed by atoms with Crippen LogP contribution in [0.3, 0.4) is 0 Å². The Kier molecular flexibility index (Phi) is 7.37. The van der Waals surface area contributed by atoms with Crippen molar-refractivity contribution in [1.29, 1.82) is 0 Å². The van der Waals surface area contributed by atoms with Gasteiger partial charge in [0, 0.05) is 17.8 Å². The molecule has 2 aliphatic heterocycles. The van der Waals surface area contributed by atoms with E-state index in [-0.39, 0.29) is 22.9 Å². The van der Waals surface area contributed by atoms with Crippen molar-refractivity contribution in [3.8, 4) is 0 Å². The lowest BCUT2D eigenvalue weighted by molar-refractivity contribution is -0.116. The number of rotatable bonds is 9. The molecule has 0 spiro atoms. The van der Waals surface area contributed by atoms with Crippen LogP contribution in [0.5, 0.6) is 0 Å². The Bertz CT molecular complexity index is 1270. The Morgan fingerprint density at radius 3 is 1.92 bits per heavy atom. The zero-order valence-corrected chi connectivity index (χ0v) is 22.7.